The summed E-state index contributed by atoms with van der Waals surface area (Å²) in [5, 5.41) is -1.01. The average Bonchev–Trinajstić information content (AvgIpc) is 2.03. The Kier molecular flexibility index (Phi) is 3.05. The average molecular weight is 216 g/mol. The Morgan fingerprint density at radius 2 is 2.00 bits per heavy atom. The smallest absolute Gasteiger partial charge is 0.317 e. The fourth-order valence-corrected chi connectivity index (χ4v) is 1.68. The molecular weight excluding hydrogens is 207 g/mol. The van der Waals surface area contributed by atoms with E-state index in [9.17, 15) is 18.0 Å². The molecule has 13 heavy (non-hydrogen) atoms. The van der Waals surface area contributed by atoms with Gasteiger partial charge in [-0.15, -0.1) is 0 Å². The molecule has 0 bridgehead atoms. The summed E-state index contributed by atoms with van der Waals surface area (Å²) in [5.74, 6) is 0. The predicted molar refractivity (Wildman–Crippen MR) is 41.6 cm³/mol. The zero-order chi connectivity index (χ0) is 10.1. The Balaban J connectivity index is 2.73. The van der Waals surface area contributed by atoms with Gasteiger partial charge in [0.15, 0.2) is 0 Å². The van der Waals surface area contributed by atoms with Gasteiger partial charge in [0.2, 0.25) is 0 Å². The first kappa shape index (κ1) is 10.6. The quantitative estimate of drug-likeness (QED) is 0.450. The van der Waals surface area contributed by atoms with Gasteiger partial charge in [0.1, 0.15) is 6.04 Å². The van der Waals surface area contributed by atoms with Crippen LogP contribution in [0.15, 0.2) is 0 Å². The summed E-state index contributed by atoms with van der Waals surface area (Å²) in [5.41, 5.74) is 0. The van der Waals surface area contributed by atoms with Crippen molar-refractivity contribution in [2.75, 3.05) is 6.54 Å². The molecule has 76 valence electrons. The van der Waals surface area contributed by atoms with Gasteiger partial charge in [-0.2, -0.15) is 13.2 Å². The van der Waals surface area contributed by atoms with Crippen LogP contribution in [-0.4, -0.2) is 29.0 Å². The number of alkyl halides is 3. The van der Waals surface area contributed by atoms with E-state index < -0.39 is 17.6 Å². The van der Waals surface area contributed by atoms with Crippen molar-refractivity contribution in [2.45, 2.75) is 31.5 Å². The van der Waals surface area contributed by atoms with Gasteiger partial charge in [0.05, 0.1) is 0 Å². The van der Waals surface area contributed by atoms with Crippen molar-refractivity contribution in [3.63, 3.8) is 0 Å². The third-order valence-corrected chi connectivity index (χ3v) is 2.32. The van der Waals surface area contributed by atoms with E-state index in [0.717, 1.165) is 0 Å². The molecular formula is C7H9ClF3NO. The van der Waals surface area contributed by atoms with E-state index in [-0.39, 0.29) is 13.0 Å². The van der Waals surface area contributed by atoms with Gasteiger partial charge in [0, 0.05) is 6.54 Å². The number of halogens is 4. The highest BCUT2D eigenvalue weighted by molar-refractivity contribution is 6.62. The van der Waals surface area contributed by atoms with E-state index in [1.165, 1.54) is 0 Å². The molecule has 1 rings (SSSR count). The van der Waals surface area contributed by atoms with E-state index in [2.05, 4.69) is 0 Å². The lowest BCUT2D eigenvalue weighted by Crippen LogP contribution is -2.49. The number of carbonyl (C=O) groups excluding carboxylic acids is 1. The Hall–Kier alpha value is -0.450. The number of nitrogens with zero attached hydrogens (tertiary/aromatic N) is 1. The molecule has 1 amide bonds. The fourth-order valence-electron chi connectivity index (χ4n) is 1.48. The lowest BCUT2D eigenvalue weighted by atomic mass is 10.0. The summed E-state index contributed by atoms with van der Waals surface area (Å²) >= 11 is 5.04. The van der Waals surface area contributed by atoms with Crippen molar-refractivity contribution in [3.8, 4) is 0 Å². The van der Waals surface area contributed by atoms with E-state index in [0.29, 0.717) is 17.7 Å². The highest BCUT2D eigenvalue weighted by atomic mass is 35.5. The predicted octanol–water partition coefficient (Wildman–Crippen LogP) is 2.76. The minimum absolute atomic E-state index is 0.0397. The monoisotopic (exact) mass is 215 g/mol. The van der Waals surface area contributed by atoms with Gasteiger partial charge in [-0.25, -0.2) is 0 Å². The van der Waals surface area contributed by atoms with Crippen LogP contribution < -0.4 is 0 Å². The minimum Gasteiger partial charge on any atom is -0.317 e. The van der Waals surface area contributed by atoms with E-state index in [1.54, 1.807) is 0 Å². The Labute approximate surface area is 78.6 Å². The molecule has 0 aromatic rings. The van der Waals surface area contributed by atoms with E-state index >= 15 is 0 Å². The number of rotatable bonds is 0. The first-order valence-electron chi connectivity index (χ1n) is 3.96. The summed E-state index contributed by atoms with van der Waals surface area (Å²) < 4.78 is 36.9. The lowest BCUT2D eigenvalue weighted by Gasteiger charge is -2.35. The summed E-state index contributed by atoms with van der Waals surface area (Å²) in [6.45, 7) is 0.104. The molecule has 1 atom stereocenters. The van der Waals surface area contributed by atoms with Crippen LogP contribution in [0.5, 0.6) is 0 Å². The summed E-state index contributed by atoms with van der Waals surface area (Å²) in [6.07, 6.45) is -3.32. The van der Waals surface area contributed by atoms with Gasteiger partial charge >= 0.3 is 11.5 Å². The highest BCUT2D eigenvalue weighted by Crippen LogP contribution is 2.32. The summed E-state index contributed by atoms with van der Waals surface area (Å²) in [4.78, 5) is 11.3. The van der Waals surface area contributed by atoms with Crippen LogP contribution in [0, 0.1) is 0 Å². The summed E-state index contributed by atoms with van der Waals surface area (Å²) in [6, 6.07) is -1.69. The second-order valence-electron chi connectivity index (χ2n) is 3.00. The molecule has 0 saturated carbocycles. The molecule has 6 heteroatoms. The van der Waals surface area contributed by atoms with Crippen LogP contribution in [-0.2, 0) is 0 Å². The lowest BCUT2D eigenvalue weighted by molar-refractivity contribution is -0.181. The Morgan fingerprint density at radius 1 is 1.38 bits per heavy atom. The molecule has 0 N–H and O–H groups in total. The molecule has 0 aliphatic carbocycles. The van der Waals surface area contributed by atoms with E-state index in [1.807, 2.05) is 0 Å². The van der Waals surface area contributed by atoms with Crippen LogP contribution in [0.25, 0.3) is 0 Å². The number of hydrogen-bond donors (Lipinski definition) is 0. The zero-order valence-corrected chi connectivity index (χ0v) is 7.53. The fraction of sp³-hybridized carbons (Fsp3) is 0.857. The maximum Gasteiger partial charge on any atom is 0.408 e. The first-order chi connectivity index (χ1) is 5.93. The topological polar surface area (TPSA) is 20.3 Å². The number of amides is 1. The van der Waals surface area contributed by atoms with Crippen molar-refractivity contribution in [1.82, 2.24) is 4.90 Å². The van der Waals surface area contributed by atoms with Crippen molar-refractivity contribution >= 4 is 17.0 Å². The molecule has 1 aliphatic rings. The number of piperidine rings is 1. The molecule has 1 aliphatic heterocycles. The molecule has 0 radical (unpaired) electrons. The second kappa shape index (κ2) is 3.74. The Morgan fingerprint density at radius 3 is 2.38 bits per heavy atom. The van der Waals surface area contributed by atoms with Gasteiger partial charge in [0.25, 0.3) is 0 Å². The molecule has 0 aromatic heterocycles. The van der Waals surface area contributed by atoms with Crippen molar-refractivity contribution in [3.05, 3.63) is 0 Å². The summed E-state index contributed by atoms with van der Waals surface area (Å²) in [7, 11) is 0. The van der Waals surface area contributed by atoms with Gasteiger partial charge in [-0.05, 0) is 30.9 Å². The molecule has 0 spiro atoms. The molecule has 1 fully saturated rings. The van der Waals surface area contributed by atoms with Crippen LogP contribution in [0.1, 0.15) is 19.3 Å². The van der Waals surface area contributed by atoms with Gasteiger partial charge in [-0.3, -0.25) is 4.79 Å². The van der Waals surface area contributed by atoms with Crippen LogP contribution in [0.3, 0.4) is 0 Å². The Bertz CT molecular complexity index is 206. The molecule has 1 saturated heterocycles. The van der Waals surface area contributed by atoms with Gasteiger partial charge in [-0.1, -0.05) is 0 Å². The van der Waals surface area contributed by atoms with Crippen molar-refractivity contribution < 1.29 is 18.0 Å². The van der Waals surface area contributed by atoms with E-state index in [4.69, 9.17) is 11.6 Å². The first-order valence-corrected chi connectivity index (χ1v) is 4.33. The van der Waals surface area contributed by atoms with Crippen LogP contribution in [0.2, 0.25) is 0 Å². The third kappa shape index (κ3) is 2.49. The molecule has 0 aromatic carbocycles. The van der Waals surface area contributed by atoms with Gasteiger partial charge < -0.3 is 4.90 Å². The zero-order valence-electron chi connectivity index (χ0n) is 6.77. The molecule has 1 heterocycles. The maximum absolute atomic E-state index is 12.3. The standard InChI is InChI=1S/C7H9ClF3NO/c8-6(13)12-4-2-1-3-5(12)7(9,10)11/h5H,1-4H2. The third-order valence-electron chi connectivity index (χ3n) is 2.11. The largest absolute Gasteiger partial charge is 0.408 e. The highest BCUT2D eigenvalue weighted by Gasteiger charge is 2.45. The van der Waals surface area contributed by atoms with Crippen molar-refractivity contribution in [2.24, 2.45) is 0 Å². The number of hydrogen-bond acceptors (Lipinski definition) is 1. The SMILES string of the molecule is O=C(Cl)N1CCCCC1C(F)(F)F. The minimum atomic E-state index is -4.36. The molecule has 1 unspecified atom stereocenters. The number of likely N-dealkylation sites (tertiary alicyclic amines) is 1. The second-order valence-corrected chi connectivity index (χ2v) is 3.32. The maximum atomic E-state index is 12.3. The van der Waals surface area contributed by atoms with Crippen LogP contribution in [0.4, 0.5) is 18.0 Å². The number of carbonyl (C=O) groups is 1. The van der Waals surface area contributed by atoms with Crippen LogP contribution >= 0.6 is 11.6 Å². The van der Waals surface area contributed by atoms with Crippen molar-refractivity contribution in [1.29, 1.82) is 0 Å². The molecule has 2 nitrogen and oxygen atoms in total. The normalized spacial score (nSPS) is 24.6.